The van der Waals surface area contributed by atoms with Gasteiger partial charge in [-0.2, -0.15) is 0 Å². The fourth-order valence-electron chi connectivity index (χ4n) is 4.33. The minimum atomic E-state index is -2.74. The first-order valence-electron chi connectivity index (χ1n) is 13.5. The fourth-order valence-corrected chi connectivity index (χ4v) is 4.33. The van der Waals surface area contributed by atoms with Crippen molar-refractivity contribution in [3.05, 3.63) is 59.4 Å². The lowest BCUT2D eigenvalue weighted by Crippen LogP contribution is -2.42. The molecule has 2 aromatic rings. The third kappa shape index (κ3) is 12.5. The molecule has 0 amide bonds. The number of carboxylic acids is 3. The number of pyridine rings is 1. The third-order valence-corrected chi connectivity index (χ3v) is 6.53. The molecular formula is C29H42N4O9. The molecule has 2 heterocycles. The second-order valence-corrected chi connectivity index (χ2v) is 10.4. The van der Waals surface area contributed by atoms with Gasteiger partial charge in [0.25, 0.3) is 0 Å². The lowest BCUT2D eigenvalue weighted by atomic mass is 9.96. The molecule has 13 heteroatoms. The summed E-state index contributed by atoms with van der Waals surface area (Å²) < 4.78 is 11.1. The molecule has 0 atom stereocenters. The summed E-state index contributed by atoms with van der Waals surface area (Å²) in [5.41, 5.74) is 1.07. The molecule has 3 rings (SSSR count). The number of ether oxygens (including phenoxy) is 2. The van der Waals surface area contributed by atoms with Crippen LogP contribution in [0.1, 0.15) is 29.5 Å². The van der Waals surface area contributed by atoms with E-state index < -0.39 is 36.4 Å². The lowest BCUT2D eigenvalue weighted by molar-refractivity contribution is -0.170. The highest BCUT2D eigenvalue weighted by molar-refractivity contribution is 5.88. The van der Waals surface area contributed by atoms with Gasteiger partial charge in [0.15, 0.2) is 5.60 Å². The monoisotopic (exact) mass is 590 g/mol. The van der Waals surface area contributed by atoms with Gasteiger partial charge in [0.1, 0.15) is 5.75 Å². The number of benzene rings is 1. The van der Waals surface area contributed by atoms with Crippen LogP contribution in [0.2, 0.25) is 0 Å². The van der Waals surface area contributed by atoms with Crippen molar-refractivity contribution in [3.8, 4) is 5.75 Å². The van der Waals surface area contributed by atoms with Crippen molar-refractivity contribution in [1.29, 1.82) is 0 Å². The summed E-state index contributed by atoms with van der Waals surface area (Å²) in [5, 5.41) is 33.8. The highest BCUT2D eigenvalue weighted by atomic mass is 16.5. The van der Waals surface area contributed by atoms with Crippen LogP contribution in [0.4, 0.5) is 0 Å². The molecule has 1 saturated heterocycles. The summed E-state index contributed by atoms with van der Waals surface area (Å²) in [4.78, 5) is 41.9. The SMILES string of the molecule is COc1ccc(CN(CCN(C)C)Cc2cccnc2)cc1CN1CCOCC1.O=C(O)CC(O)(CC(=O)O)C(=O)O. The highest BCUT2D eigenvalue weighted by Crippen LogP contribution is 2.23. The first kappa shape index (κ1) is 34.6. The first-order chi connectivity index (χ1) is 19.9. The van der Waals surface area contributed by atoms with E-state index in [4.69, 9.17) is 29.9 Å². The summed E-state index contributed by atoms with van der Waals surface area (Å²) in [6.07, 6.45) is 1.50. The molecule has 1 fully saturated rings. The van der Waals surface area contributed by atoms with Crippen molar-refractivity contribution < 1.29 is 44.3 Å². The summed E-state index contributed by atoms with van der Waals surface area (Å²) in [6, 6.07) is 10.8. The van der Waals surface area contributed by atoms with Gasteiger partial charge in [-0.1, -0.05) is 12.1 Å². The zero-order valence-corrected chi connectivity index (χ0v) is 24.4. The van der Waals surface area contributed by atoms with E-state index in [0.29, 0.717) is 0 Å². The summed E-state index contributed by atoms with van der Waals surface area (Å²) >= 11 is 0. The van der Waals surface area contributed by atoms with Gasteiger partial charge in [-0.15, -0.1) is 0 Å². The number of rotatable bonds is 15. The number of carboxylic acid groups (broad SMARTS) is 3. The van der Waals surface area contributed by atoms with Crippen LogP contribution in [-0.4, -0.2) is 124 Å². The van der Waals surface area contributed by atoms with Gasteiger partial charge >= 0.3 is 17.9 Å². The molecule has 0 bridgehead atoms. The van der Waals surface area contributed by atoms with E-state index in [-0.39, 0.29) is 0 Å². The Labute approximate surface area is 245 Å². The van der Waals surface area contributed by atoms with Crippen LogP contribution in [-0.2, 0) is 38.8 Å². The normalized spacial score (nSPS) is 13.9. The van der Waals surface area contributed by atoms with Crippen LogP contribution in [0.3, 0.4) is 0 Å². The van der Waals surface area contributed by atoms with Crippen molar-refractivity contribution in [2.24, 2.45) is 0 Å². The van der Waals surface area contributed by atoms with Crippen molar-refractivity contribution in [1.82, 2.24) is 19.7 Å². The fraction of sp³-hybridized carbons (Fsp3) is 0.517. The summed E-state index contributed by atoms with van der Waals surface area (Å²) in [7, 11) is 6.00. The number of hydrogen-bond acceptors (Lipinski definition) is 10. The van der Waals surface area contributed by atoms with Gasteiger partial charge in [0, 0.05) is 63.8 Å². The van der Waals surface area contributed by atoms with Crippen LogP contribution in [0.25, 0.3) is 0 Å². The molecule has 232 valence electrons. The Morgan fingerprint density at radius 3 is 2.17 bits per heavy atom. The maximum absolute atomic E-state index is 10.3. The van der Waals surface area contributed by atoms with E-state index in [1.54, 1.807) is 7.11 Å². The average Bonchev–Trinajstić information content (AvgIpc) is 2.92. The topological polar surface area (TPSA) is 173 Å². The molecule has 1 aliphatic rings. The number of carbonyl (C=O) groups is 3. The molecule has 0 spiro atoms. The highest BCUT2D eigenvalue weighted by Gasteiger charge is 2.40. The predicted molar refractivity (Wildman–Crippen MR) is 153 cm³/mol. The van der Waals surface area contributed by atoms with E-state index in [1.807, 2.05) is 18.5 Å². The minimum Gasteiger partial charge on any atom is -0.496 e. The van der Waals surface area contributed by atoms with Gasteiger partial charge in [-0.05, 0) is 43.4 Å². The average molecular weight is 591 g/mol. The third-order valence-electron chi connectivity index (χ3n) is 6.53. The van der Waals surface area contributed by atoms with Crippen molar-refractivity contribution in [3.63, 3.8) is 0 Å². The Morgan fingerprint density at radius 1 is 1.00 bits per heavy atom. The number of hydrogen-bond donors (Lipinski definition) is 4. The molecule has 42 heavy (non-hydrogen) atoms. The quantitative estimate of drug-likeness (QED) is 0.234. The van der Waals surface area contributed by atoms with Crippen LogP contribution in [0, 0.1) is 0 Å². The molecule has 13 nitrogen and oxygen atoms in total. The van der Waals surface area contributed by atoms with E-state index in [9.17, 15) is 14.4 Å². The maximum Gasteiger partial charge on any atom is 0.336 e. The Balaban J connectivity index is 0.000000401. The number of aliphatic carboxylic acids is 3. The number of nitrogens with zero attached hydrogens (tertiary/aromatic N) is 4. The second kappa shape index (κ2) is 17.4. The number of aliphatic hydroxyl groups is 1. The number of morpholine rings is 1. The van der Waals surface area contributed by atoms with Crippen LogP contribution >= 0.6 is 0 Å². The smallest absolute Gasteiger partial charge is 0.336 e. The maximum atomic E-state index is 10.3. The molecule has 0 saturated carbocycles. The van der Waals surface area contributed by atoms with E-state index in [1.165, 1.54) is 16.7 Å². The molecule has 1 aliphatic heterocycles. The molecule has 0 aliphatic carbocycles. The Kier molecular flexibility index (Phi) is 14.3. The number of methoxy groups -OCH3 is 1. The summed E-state index contributed by atoms with van der Waals surface area (Å²) in [6.45, 7) is 8.31. The van der Waals surface area contributed by atoms with Crippen LogP contribution in [0.5, 0.6) is 5.75 Å². The van der Waals surface area contributed by atoms with Crippen molar-refractivity contribution in [2.45, 2.75) is 38.1 Å². The minimum absolute atomic E-state index is 0.811. The van der Waals surface area contributed by atoms with Gasteiger partial charge in [-0.25, -0.2) is 4.79 Å². The van der Waals surface area contributed by atoms with Crippen molar-refractivity contribution >= 4 is 17.9 Å². The number of aromatic nitrogens is 1. The van der Waals surface area contributed by atoms with Gasteiger partial charge in [0.2, 0.25) is 0 Å². The molecule has 0 radical (unpaired) electrons. The van der Waals surface area contributed by atoms with Crippen molar-refractivity contribution in [2.75, 3.05) is 60.6 Å². The zero-order chi connectivity index (χ0) is 31.1. The van der Waals surface area contributed by atoms with Gasteiger partial charge in [0.05, 0.1) is 33.2 Å². The van der Waals surface area contributed by atoms with Crippen LogP contribution < -0.4 is 4.74 Å². The molecule has 1 aromatic heterocycles. The molecule has 0 unspecified atom stereocenters. The predicted octanol–water partition coefficient (Wildman–Crippen LogP) is 1.24. The zero-order valence-electron chi connectivity index (χ0n) is 24.4. The summed E-state index contributed by atoms with van der Waals surface area (Å²) in [5.74, 6) is -4.05. The molecule has 4 N–H and O–H groups in total. The second-order valence-electron chi connectivity index (χ2n) is 10.4. The lowest BCUT2D eigenvalue weighted by Gasteiger charge is -2.28. The van der Waals surface area contributed by atoms with E-state index >= 15 is 0 Å². The standard InChI is InChI=1S/C23H34N4O2.C6H8O7/c1-25(2)9-10-27(18-21-5-4-8-24-16-21)17-20-6-7-23(28-3)22(15-20)19-26-11-13-29-14-12-26;7-3(8)1-6(13,5(11)12)2-4(9)10/h4-8,15-16H,9-14,17-19H2,1-3H3;13H,1-2H2,(H,7,8)(H,9,10)(H,11,12). The Bertz CT molecular complexity index is 1130. The van der Waals surface area contributed by atoms with E-state index in [0.717, 1.165) is 64.8 Å². The van der Waals surface area contributed by atoms with E-state index in [2.05, 4.69) is 58.0 Å². The Hall–Kier alpha value is -3.62. The van der Waals surface area contributed by atoms with Gasteiger partial charge < -0.3 is 34.8 Å². The van der Waals surface area contributed by atoms with Crippen LogP contribution in [0.15, 0.2) is 42.7 Å². The Morgan fingerprint density at radius 2 is 1.64 bits per heavy atom. The first-order valence-corrected chi connectivity index (χ1v) is 13.5. The largest absolute Gasteiger partial charge is 0.496 e. The number of likely N-dealkylation sites (N-methyl/N-ethyl adjacent to an activating group) is 1. The van der Waals surface area contributed by atoms with Gasteiger partial charge in [-0.3, -0.25) is 24.4 Å². The molecular weight excluding hydrogens is 548 g/mol. The molecule has 1 aromatic carbocycles.